The lowest BCUT2D eigenvalue weighted by Gasteiger charge is -2.50. The van der Waals surface area contributed by atoms with E-state index in [2.05, 4.69) is 0 Å². The molecule has 5 heteroatoms. The molecule has 2 atom stereocenters. The summed E-state index contributed by atoms with van der Waals surface area (Å²) in [6.07, 6.45) is 5.23. The van der Waals surface area contributed by atoms with E-state index < -0.39 is 22.8 Å². The van der Waals surface area contributed by atoms with Gasteiger partial charge in [-0.3, -0.25) is 0 Å². The first-order valence-electron chi connectivity index (χ1n) is 8.63. The van der Waals surface area contributed by atoms with Gasteiger partial charge in [-0.25, -0.2) is 9.18 Å². The number of rotatable bonds is 2. The van der Waals surface area contributed by atoms with Crippen molar-refractivity contribution in [2.75, 3.05) is 13.1 Å². The highest BCUT2D eigenvalue weighted by atomic mass is 19.1. The Hall–Kier alpha value is -1.36. The van der Waals surface area contributed by atoms with E-state index >= 15 is 0 Å². The molecule has 2 rings (SSSR count). The molecule has 136 valence electrons. The van der Waals surface area contributed by atoms with Crippen LogP contribution in [0.4, 0.5) is 9.18 Å². The quantitative estimate of drug-likeness (QED) is 0.827. The van der Waals surface area contributed by atoms with Crippen molar-refractivity contribution in [2.45, 2.75) is 71.3 Å². The van der Waals surface area contributed by atoms with Gasteiger partial charge < -0.3 is 14.7 Å². The minimum atomic E-state index is -0.926. The van der Waals surface area contributed by atoms with Crippen LogP contribution in [0.25, 0.3) is 0 Å². The molecule has 2 aliphatic rings. The van der Waals surface area contributed by atoms with E-state index in [1.54, 1.807) is 17.1 Å². The number of amides is 1. The topological polar surface area (TPSA) is 49.8 Å². The lowest BCUT2D eigenvalue weighted by atomic mass is 9.67. The fraction of sp³-hybridized carbons (Fsp3) is 0.737. The Morgan fingerprint density at radius 1 is 1.46 bits per heavy atom. The van der Waals surface area contributed by atoms with E-state index in [1.807, 2.05) is 40.7 Å². The molecular formula is C19H30FNO3. The highest BCUT2D eigenvalue weighted by Crippen LogP contribution is 2.43. The van der Waals surface area contributed by atoms with Gasteiger partial charge in [0, 0.05) is 31.3 Å². The highest BCUT2D eigenvalue weighted by Gasteiger charge is 2.49. The molecule has 1 N–H and O–H groups in total. The minimum absolute atomic E-state index is 0.338. The van der Waals surface area contributed by atoms with E-state index in [0.29, 0.717) is 32.4 Å². The van der Waals surface area contributed by atoms with E-state index in [9.17, 15) is 14.3 Å². The van der Waals surface area contributed by atoms with Gasteiger partial charge in [-0.15, -0.1) is 0 Å². The number of piperidine rings is 1. The van der Waals surface area contributed by atoms with Crippen LogP contribution < -0.4 is 0 Å². The first-order valence-corrected chi connectivity index (χ1v) is 8.63. The minimum Gasteiger partial charge on any atom is -0.444 e. The summed E-state index contributed by atoms with van der Waals surface area (Å²) in [6, 6.07) is 0. The third kappa shape index (κ3) is 4.38. The van der Waals surface area contributed by atoms with Gasteiger partial charge in [0.05, 0.1) is 5.60 Å². The monoisotopic (exact) mass is 339 g/mol. The molecule has 0 radical (unpaired) electrons. The Labute approximate surface area is 144 Å². The number of hydrogen-bond donors (Lipinski definition) is 1. The summed E-state index contributed by atoms with van der Waals surface area (Å²) in [4.78, 5) is 14.0. The largest absolute Gasteiger partial charge is 0.444 e. The Kier molecular flexibility index (Phi) is 5.14. The third-order valence-corrected chi connectivity index (χ3v) is 4.91. The van der Waals surface area contributed by atoms with Crippen LogP contribution in [-0.2, 0) is 4.74 Å². The summed E-state index contributed by atoms with van der Waals surface area (Å²) in [5.74, 6) is 0. The molecule has 0 saturated carbocycles. The summed E-state index contributed by atoms with van der Waals surface area (Å²) in [5.41, 5.74) is -0.978. The summed E-state index contributed by atoms with van der Waals surface area (Å²) in [6.45, 7) is 10.4. The van der Waals surface area contributed by atoms with Gasteiger partial charge >= 0.3 is 6.09 Å². The van der Waals surface area contributed by atoms with Gasteiger partial charge in [-0.2, -0.15) is 0 Å². The average molecular weight is 339 g/mol. The highest BCUT2D eigenvalue weighted by molar-refractivity contribution is 5.68. The number of carbonyl (C=O) groups excluding carboxylic acids is 1. The fourth-order valence-corrected chi connectivity index (χ4v) is 3.28. The van der Waals surface area contributed by atoms with E-state index in [1.165, 1.54) is 0 Å². The van der Waals surface area contributed by atoms with Crippen molar-refractivity contribution in [1.29, 1.82) is 0 Å². The molecule has 0 spiro atoms. The maximum atomic E-state index is 13.2. The normalized spacial score (nSPS) is 30.0. The van der Waals surface area contributed by atoms with E-state index in [4.69, 9.17) is 4.74 Å². The van der Waals surface area contributed by atoms with E-state index in [0.717, 1.165) is 5.57 Å². The number of nitrogens with zero attached hydrogens (tertiary/aromatic N) is 1. The lowest BCUT2D eigenvalue weighted by molar-refractivity contribution is -0.116. The van der Waals surface area contributed by atoms with Crippen molar-refractivity contribution in [3.05, 3.63) is 23.8 Å². The van der Waals surface area contributed by atoms with Crippen LogP contribution in [-0.4, -0.2) is 46.6 Å². The molecule has 0 aromatic carbocycles. The molecule has 1 fully saturated rings. The molecule has 0 bridgehead atoms. The maximum Gasteiger partial charge on any atom is 0.410 e. The third-order valence-electron chi connectivity index (χ3n) is 4.91. The summed E-state index contributed by atoms with van der Waals surface area (Å²) >= 11 is 0. The predicted molar refractivity (Wildman–Crippen MR) is 92.5 cm³/mol. The number of allylic oxidation sites excluding steroid dienone is 3. The Morgan fingerprint density at radius 2 is 2.12 bits per heavy atom. The molecule has 1 aliphatic heterocycles. The number of carbonyl (C=O) groups is 1. The number of hydrogen-bond acceptors (Lipinski definition) is 3. The lowest BCUT2D eigenvalue weighted by Crippen LogP contribution is -2.59. The molecular weight excluding hydrogens is 309 g/mol. The Morgan fingerprint density at radius 3 is 2.62 bits per heavy atom. The molecule has 4 nitrogen and oxygen atoms in total. The van der Waals surface area contributed by atoms with Crippen LogP contribution in [0.3, 0.4) is 0 Å². The number of likely N-dealkylation sites (tertiary alicyclic amines) is 1. The summed E-state index contributed by atoms with van der Waals surface area (Å²) in [7, 11) is 0. The molecule has 0 aromatic rings. The predicted octanol–water partition coefficient (Wildman–Crippen LogP) is 4.00. The van der Waals surface area contributed by atoms with Crippen LogP contribution in [0.15, 0.2) is 23.8 Å². The molecule has 24 heavy (non-hydrogen) atoms. The second kappa shape index (κ2) is 6.51. The van der Waals surface area contributed by atoms with Crippen molar-refractivity contribution in [3.8, 4) is 0 Å². The standard InChI is InChI=1S/C19H30FNO3/c1-17(2,3)24-16(22)21-11-10-19(23,18(4,5)13-21)12-14-6-8-15(20)9-7-14/h6-8,15,23H,9-13H2,1-5H3. The van der Waals surface area contributed by atoms with Crippen LogP contribution in [0.5, 0.6) is 0 Å². The molecule has 2 unspecified atom stereocenters. The number of alkyl halides is 1. The smallest absolute Gasteiger partial charge is 0.410 e. The van der Waals surface area contributed by atoms with Crippen LogP contribution in [0.2, 0.25) is 0 Å². The number of halogens is 1. The zero-order valence-electron chi connectivity index (χ0n) is 15.4. The van der Waals surface area contributed by atoms with Crippen molar-refractivity contribution in [3.63, 3.8) is 0 Å². The average Bonchev–Trinajstić information content (AvgIpc) is 2.43. The fourth-order valence-electron chi connectivity index (χ4n) is 3.28. The van der Waals surface area contributed by atoms with Crippen molar-refractivity contribution >= 4 is 6.09 Å². The Bertz CT molecular complexity index is 547. The first kappa shape index (κ1) is 19.0. The molecule has 0 aromatic heterocycles. The number of ether oxygens (including phenoxy) is 1. The van der Waals surface area contributed by atoms with Gasteiger partial charge in [0.1, 0.15) is 11.8 Å². The molecule has 1 heterocycles. The first-order chi connectivity index (χ1) is 10.9. The van der Waals surface area contributed by atoms with Crippen molar-refractivity contribution in [2.24, 2.45) is 5.41 Å². The Balaban J connectivity index is 2.05. The molecule has 1 amide bonds. The van der Waals surface area contributed by atoms with Gasteiger partial charge in [-0.05, 0) is 32.8 Å². The maximum absolute atomic E-state index is 13.2. The zero-order valence-corrected chi connectivity index (χ0v) is 15.4. The zero-order chi connectivity index (χ0) is 18.2. The number of aliphatic hydroxyl groups is 1. The van der Waals surface area contributed by atoms with Gasteiger partial charge in [-0.1, -0.05) is 32.1 Å². The van der Waals surface area contributed by atoms with Crippen molar-refractivity contribution < 1.29 is 19.0 Å². The van der Waals surface area contributed by atoms with Gasteiger partial charge in [0.15, 0.2) is 0 Å². The van der Waals surface area contributed by atoms with Gasteiger partial charge in [0.25, 0.3) is 0 Å². The summed E-state index contributed by atoms with van der Waals surface area (Å²) < 4.78 is 18.6. The SMILES string of the molecule is CC(C)(C)OC(=O)N1CCC(O)(CC2=CCC(F)C=C2)C(C)(C)C1. The van der Waals surface area contributed by atoms with Crippen LogP contribution in [0, 0.1) is 5.41 Å². The molecule has 1 aliphatic carbocycles. The van der Waals surface area contributed by atoms with E-state index in [-0.39, 0.29) is 6.09 Å². The second-order valence-corrected chi connectivity index (χ2v) is 8.63. The summed E-state index contributed by atoms with van der Waals surface area (Å²) in [5, 5.41) is 11.2. The van der Waals surface area contributed by atoms with Crippen molar-refractivity contribution in [1.82, 2.24) is 4.90 Å². The van der Waals surface area contributed by atoms with Crippen LogP contribution >= 0.6 is 0 Å². The van der Waals surface area contributed by atoms with Crippen LogP contribution in [0.1, 0.15) is 53.9 Å². The van der Waals surface area contributed by atoms with Gasteiger partial charge in [0.2, 0.25) is 0 Å². The second-order valence-electron chi connectivity index (χ2n) is 8.63. The molecule has 1 saturated heterocycles.